The summed E-state index contributed by atoms with van der Waals surface area (Å²) in [5.74, 6) is -0.226. The predicted molar refractivity (Wildman–Crippen MR) is 150 cm³/mol. The van der Waals surface area contributed by atoms with Gasteiger partial charge in [0.2, 0.25) is 0 Å². The van der Waals surface area contributed by atoms with Crippen LogP contribution >= 0.6 is 23.5 Å². The first kappa shape index (κ1) is 27.8. The zero-order chi connectivity index (χ0) is 26.8. The minimum atomic E-state index is -0.617. The Balaban J connectivity index is 1.81. The Morgan fingerprint density at radius 1 is 0.784 bits per heavy atom. The Kier molecular flexibility index (Phi) is 10.1. The minimum Gasteiger partial charge on any atom is -0.497 e. The second kappa shape index (κ2) is 13.5. The molecule has 0 aliphatic carbocycles. The molecule has 0 heterocycles. The van der Waals surface area contributed by atoms with Gasteiger partial charge >= 0.3 is 0 Å². The lowest BCUT2D eigenvalue weighted by Crippen LogP contribution is -2.15. The quantitative estimate of drug-likeness (QED) is 0.179. The van der Waals surface area contributed by atoms with Gasteiger partial charge in [0.1, 0.15) is 17.4 Å². The van der Waals surface area contributed by atoms with Gasteiger partial charge in [0.15, 0.2) is 11.6 Å². The molecule has 0 aliphatic rings. The van der Waals surface area contributed by atoms with Gasteiger partial charge in [0, 0.05) is 16.8 Å². The van der Waals surface area contributed by atoms with Crippen LogP contribution in [0.4, 0.5) is 5.69 Å². The predicted octanol–water partition coefficient (Wildman–Crippen LogP) is 6.22. The van der Waals surface area contributed by atoms with Crippen LogP contribution in [0.5, 0.6) is 5.75 Å². The van der Waals surface area contributed by atoms with Crippen molar-refractivity contribution in [2.24, 2.45) is 0 Å². The highest BCUT2D eigenvalue weighted by molar-refractivity contribution is 8.22. The van der Waals surface area contributed by atoms with E-state index < -0.39 is 5.91 Å². The molecule has 0 unspecified atom stereocenters. The second-order valence-corrected chi connectivity index (χ2v) is 10.3. The van der Waals surface area contributed by atoms with E-state index in [0.717, 1.165) is 34.7 Å². The maximum atomic E-state index is 13.0. The molecule has 188 valence electrons. The Bertz CT molecular complexity index is 1280. The van der Waals surface area contributed by atoms with E-state index in [2.05, 4.69) is 5.32 Å². The summed E-state index contributed by atoms with van der Waals surface area (Å²) < 4.78 is 5.45. The lowest BCUT2D eigenvalue weighted by atomic mass is 10.1. The van der Waals surface area contributed by atoms with Crippen molar-refractivity contribution in [3.8, 4) is 11.8 Å². The van der Waals surface area contributed by atoms with Crippen LogP contribution in [0.3, 0.4) is 0 Å². The van der Waals surface area contributed by atoms with Crippen molar-refractivity contribution in [2.75, 3.05) is 23.9 Å². The van der Waals surface area contributed by atoms with E-state index in [0.29, 0.717) is 26.8 Å². The number of ether oxygens (including phenoxy) is 1. The number of amides is 1. The van der Waals surface area contributed by atoms with E-state index in [-0.39, 0.29) is 28.6 Å². The number of Topliss-reactive ketones (excluding diaryl/α,β-unsaturated/α-hetero) is 2. The number of nitrogens with one attached hydrogen (secondary N) is 1. The van der Waals surface area contributed by atoms with Gasteiger partial charge < -0.3 is 10.1 Å². The molecule has 37 heavy (non-hydrogen) atoms. The third kappa shape index (κ3) is 8.10. The summed E-state index contributed by atoms with van der Waals surface area (Å²) in [4.78, 5) is 38.6. The average molecular weight is 531 g/mol. The van der Waals surface area contributed by atoms with Crippen molar-refractivity contribution in [1.29, 1.82) is 5.26 Å². The summed E-state index contributed by atoms with van der Waals surface area (Å²) in [6.45, 7) is 3.87. The number of carbonyl (C=O) groups is 3. The third-order valence-corrected chi connectivity index (χ3v) is 7.76. The highest BCUT2D eigenvalue weighted by Gasteiger charge is 2.20. The largest absolute Gasteiger partial charge is 0.497 e. The maximum absolute atomic E-state index is 13.0. The molecule has 3 aromatic rings. The van der Waals surface area contributed by atoms with Crippen LogP contribution in [0.1, 0.15) is 31.8 Å². The lowest BCUT2D eigenvalue weighted by Gasteiger charge is -2.11. The number of rotatable bonds is 11. The van der Waals surface area contributed by atoms with Crippen LogP contribution in [0.15, 0.2) is 82.6 Å². The zero-order valence-electron chi connectivity index (χ0n) is 20.7. The van der Waals surface area contributed by atoms with Crippen LogP contribution in [-0.4, -0.2) is 36.1 Å². The number of nitriles is 1. The first-order valence-electron chi connectivity index (χ1n) is 11.4. The molecule has 8 heteroatoms. The van der Waals surface area contributed by atoms with E-state index >= 15 is 0 Å². The van der Waals surface area contributed by atoms with Crippen molar-refractivity contribution in [1.82, 2.24) is 0 Å². The molecular formula is C29H26N2O4S2. The molecule has 0 aliphatic heterocycles. The topological polar surface area (TPSA) is 96.3 Å². The molecule has 0 spiro atoms. The Hall–Kier alpha value is -3.80. The number of thioether (sulfide) groups is 2. The highest BCUT2D eigenvalue weighted by Crippen LogP contribution is 2.33. The summed E-state index contributed by atoms with van der Waals surface area (Å²) in [6, 6.07) is 23.1. The van der Waals surface area contributed by atoms with E-state index in [9.17, 15) is 19.6 Å². The fourth-order valence-electron chi connectivity index (χ4n) is 3.15. The summed E-state index contributed by atoms with van der Waals surface area (Å²) in [5.41, 5.74) is 3.49. The molecule has 0 saturated carbocycles. The fourth-order valence-corrected chi connectivity index (χ4v) is 5.26. The average Bonchev–Trinajstić information content (AvgIpc) is 2.91. The summed E-state index contributed by atoms with van der Waals surface area (Å²) in [6.07, 6.45) is 0. The number of methoxy groups -OCH3 is 1. The van der Waals surface area contributed by atoms with Gasteiger partial charge in [-0.1, -0.05) is 59.7 Å². The molecule has 0 radical (unpaired) electrons. The normalized spacial score (nSPS) is 10.2. The molecule has 6 nitrogen and oxygen atoms in total. The number of ketones is 2. The van der Waals surface area contributed by atoms with Crippen molar-refractivity contribution in [2.45, 2.75) is 13.8 Å². The fraction of sp³-hybridized carbons (Fsp3) is 0.172. The molecule has 0 aromatic heterocycles. The molecule has 0 bridgehead atoms. The van der Waals surface area contributed by atoms with E-state index in [1.807, 2.05) is 44.2 Å². The molecule has 0 atom stereocenters. The number of hydrogen-bond acceptors (Lipinski definition) is 7. The molecule has 0 fully saturated rings. The summed E-state index contributed by atoms with van der Waals surface area (Å²) in [7, 11) is 1.54. The van der Waals surface area contributed by atoms with Crippen LogP contribution in [-0.2, 0) is 4.79 Å². The molecule has 3 aromatic carbocycles. The zero-order valence-corrected chi connectivity index (χ0v) is 22.4. The van der Waals surface area contributed by atoms with Gasteiger partial charge in [-0.05, 0) is 38.1 Å². The SMILES string of the molecule is COc1ccc(NC(=O)C(C#N)=C(SCC(=O)c2ccc(C)cc2)SCC(=O)c2ccc(C)cc2)cc1. The number of carbonyl (C=O) groups excluding carboxylic acids is 3. The van der Waals surface area contributed by atoms with E-state index in [4.69, 9.17) is 4.74 Å². The monoisotopic (exact) mass is 530 g/mol. The van der Waals surface area contributed by atoms with E-state index in [1.54, 1.807) is 55.6 Å². The first-order valence-corrected chi connectivity index (χ1v) is 13.3. The number of aryl methyl sites for hydroxylation is 2. The number of hydrogen-bond donors (Lipinski definition) is 1. The summed E-state index contributed by atoms with van der Waals surface area (Å²) >= 11 is 2.17. The van der Waals surface area contributed by atoms with Crippen molar-refractivity contribution in [3.63, 3.8) is 0 Å². The molecule has 0 saturated heterocycles. The highest BCUT2D eigenvalue weighted by atomic mass is 32.2. The number of anilines is 1. The maximum Gasteiger partial charge on any atom is 0.268 e. The lowest BCUT2D eigenvalue weighted by molar-refractivity contribution is -0.112. The second-order valence-electron chi connectivity index (χ2n) is 8.11. The molecular weight excluding hydrogens is 504 g/mol. The van der Waals surface area contributed by atoms with Crippen molar-refractivity contribution >= 4 is 46.7 Å². The molecule has 1 amide bonds. The van der Waals surface area contributed by atoms with Gasteiger partial charge in [-0.25, -0.2) is 0 Å². The Morgan fingerprint density at radius 3 is 1.65 bits per heavy atom. The van der Waals surface area contributed by atoms with Crippen LogP contribution < -0.4 is 10.1 Å². The number of nitrogens with zero attached hydrogens (tertiary/aromatic N) is 1. The Labute approximate surface area is 225 Å². The number of benzene rings is 3. The van der Waals surface area contributed by atoms with Gasteiger partial charge in [-0.3, -0.25) is 14.4 Å². The van der Waals surface area contributed by atoms with Crippen molar-refractivity contribution in [3.05, 3.63) is 105 Å². The van der Waals surface area contributed by atoms with Gasteiger partial charge in [-0.2, -0.15) is 5.26 Å². The standard InChI is InChI=1S/C29H26N2O4S2/c1-19-4-8-21(9-5-19)26(32)17-36-29(37-18-27(33)22-10-6-20(2)7-11-22)25(16-30)28(34)31-23-12-14-24(35-3)15-13-23/h4-15H,17-18H2,1-3H3,(H,31,34). The van der Waals surface area contributed by atoms with Gasteiger partial charge in [-0.15, -0.1) is 23.5 Å². The first-order chi connectivity index (χ1) is 17.8. The van der Waals surface area contributed by atoms with Crippen molar-refractivity contribution < 1.29 is 19.1 Å². The van der Waals surface area contributed by atoms with Crippen LogP contribution in [0.2, 0.25) is 0 Å². The van der Waals surface area contributed by atoms with Crippen LogP contribution in [0.25, 0.3) is 0 Å². The van der Waals surface area contributed by atoms with Gasteiger partial charge in [0.05, 0.1) is 22.9 Å². The van der Waals surface area contributed by atoms with Crippen LogP contribution in [0, 0.1) is 25.2 Å². The smallest absolute Gasteiger partial charge is 0.268 e. The van der Waals surface area contributed by atoms with Gasteiger partial charge in [0.25, 0.3) is 5.91 Å². The Morgan fingerprint density at radius 2 is 1.24 bits per heavy atom. The minimum absolute atomic E-state index is 0.0190. The molecule has 3 rings (SSSR count). The summed E-state index contributed by atoms with van der Waals surface area (Å²) in [5, 5.41) is 12.6. The third-order valence-electron chi connectivity index (χ3n) is 5.31. The molecule has 1 N–H and O–H groups in total. The van der Waals surface area contributed by atoms with E-state index in [1.165, 1.54) is 0 Å².